The molecule has 0 saturated heterocycles. The summed E-state index contributed by atoms with van der Waals surface area (Å²) in [6.07, 6.45) is 6.66. The molecule has 0 aliphatic heterocycles. The standard InChI is InChI=1S/C28H35F2N5O2/c1-3-6-25(33-22-10-9-19-13-21(29)14-24(30)23(19)15-22)28(36)34-27-17-35(18-32-27)26-8-5-4-7-20(26)16-31-11-12-37-2/h4-5,7-8,13-14,17-18,22,25,31,33H,3,6,9-12,15-16H2,1-2H3,(H,34,36)/t22-,25+/m0/s1. The third kappa shape index (κ3) is 7.00. The molecule has 2 aromatic carbocycles. The molecular formula is C28H35F2N5O2. The van der Waals surface area contributed by atoms with Crippen molar-refractivity contribution in [2.24, 2.45) is 0 Å². The van der Waals surface area contributed by atoms with Gasteiger partial charge in [0.2, 0.25) is 5.91 Å². The molecule has 0 fully saturated rings. The second-order valence-electron chi connectivity index (χ2n) is 9.43. The number of ether oxygens (including phenoxy) is 1. The summed E-state index contributed by atoms with van der Waals surface area (Å²) in [6, 6.07) is 9.85. The van der Waals surface area contributed by atoms with Gasteiger partial charge >= 0.3 is 0 Å². The van der Waals surface area contributed by atoms with Gasteiger partial charge in [-0.05, 0) is 54.5 Å². The molecule has 0 saturated carbocycles. The van der Waals surface area contributed by atoms with E-state index in [-0.39, 0.29) is 11.9 Å². The highest BCUT2D eigenvalue weighted by atomic mass is 19.1. The van der Waals surface area contributed by atoms with Gasteiger partial charge in [-0.3, -0.25) is 4.79 Å². The van der Waals surface area contributed by atoms with Crippen LogP contribution >= 0.6 is 0 Å². The van der Waals surface area contributed by atoms with Gasteiger partial charge in [-0.25, -0.2) is 13.8 Å². The summed E-state index contributed by atoms with van der Waals surface area (Å²) < 4.78 is 34.9. The lowest BCUT2D eigenvalue weighted by Crippen LogP contribution is -2.48. The molecule has 1 aliphatic rings. The van der Waals surface area contributed by atoms with Gasteiger partial charge in [0.1, 0.15) is 18.0 Å². The monoisotopic (exact) mass is 511 g/mol. The second-order valence-corrected chi connectivity index (χ2v) is 9.43. The predicted molar refractivity (Wildman–Crippen MR) is 140 cm³/mol. The zero-order chi connectivity index (χ0) is 26.2. The number of benzene rings is 2. The Labute approximate surface area is 216 Å². The summed E-state index contributed by atoms with van der Waals surface area (Å²) in [4.78, 5) is 17.6. The molecular weight excluding hydrogens is 476 g/mol. The molecule has 198 valence electrons. The lowest BCUT2D eigenvalue weighted by atomic mass is 9.87. The fourth-order valence-electron chi connectivity index (χ4n) is 4.83. The van der Waals surface area contributed by atoms with Crippen LogP contribution < -0.4 is 16.0 Å². The Hall–Kier alpha value is -3.14. The molecule has 0 bridgehead atoms. The van der Waals surface area contributed by atoms with Gasteiger partial charge in [-0.1, -0.05) is 31.5 Å². The molecule has 1 heterocycles. The summed E-state index contributed by atoms with van der Waals surface area (Å²) in [5.41, 5.74) is 3.33. The van der Waals surface area contributed by atoms with Crippen LogP contribution in [0.4, 0.5) is 14.6 Å². The summed E-state index contributed by atoms with van der Waals surface area (Å²) in [5.74, 6) is -0.773. The molecule has 7 nitrogen and oxygen atoms in total. The Balaban J connectivity index is 1.40. The van der Waals surface area contributed by atoms with Crippen LogP contribution in [0, 0.1) is 11.6 Å². The van der Waals surface area contributed by atoms with Crippen molar-refractivity contribution in [1.29, 1.82) is 0 Å². The molecule has 2 atom stereocenters. The molecule has 0 spiro atoms. The molecule has 3 N–H and O–H groups in total. The van der Waals surface area contributed by atoms with E-state index in [1.165, 1.54) is 6.07 Å². The predicted octanol–water partition coefficient (Wildman–Crippen LogP) is 4.14. The number of fused-ring (bicyclic) bond motifs is 1. The SMILES string of the molecule is CCC[C@@H](N[C@H]1CCc2cc(F)cc(F)c2C1)C(=O)Nc1cn(-c2ccccc2CNCCOC)cn1. The number of nitrogens with one attached hydrogen (secondary N) is 3. The second kappa shape index (κ2) is 12.9. The maximum atomic E-state index is 14.3. The number of hydrogen-bond donors (Lipinski definition) is 3. The van der Waals surface area contributed by atoms with Crippen LogP contribution in [-0.4, -0.2) is 47.8 Å². The van der Waals surface area contributed by atoms with Gasteiger partial charge in [-0.15, -0.1) is 0 Å². The Morgan fingerprint density at radius 1 is 1.27 bits per heavy atom. The highest BCUT2D eigenvalue weighted by molar-refractivity contribution is 5.94. The van der Waals surface area contributed by atoms with Crippen molar-refractivity contribution >= 4 is 11.7 Å². The summed E-state index contributed by atoms with van der Waals surface area (Å²) in [7, 11) is 1.67. The maximum absolute atomic E-state index is 14.3. The number of imidazole rings is 1. The van der Waals surface area contributed by atoms with Crippen LogP contribution in [0.25, 0.3) is 5.69 Å². The smallest absolute Gasteiger partial charge is 0.242 e. The van der Waals surface area contributed by atoms with Crippen molar-refractivity contribution < 1.29 is 18.3 Å². The summed E-state index contributed by atoms with van der Waals surface area (Å²) in [5, 5.41) is 9.70. The van der Waals surface area contributed by atoms with Gasteiger partial charge in [-0.2, -0.15) is 0 Å². The molecule has 1 amide bonds. The number of aryl methyl sites for hydroxylation is 1. The van der Waals surface area contributed by atoms with E-state index in [0.717, 1.165) is 30.3 Å². The molecule has 1 aliphatic carbocycles. The van der Waals surface area contributed by atoms with Crippen molar-refractivity contribution in [1.82, 2.24) is 20.2 Å². The summed E-state index contributed by atoms with van der Waals surface area (Å²) in [6.45, 7) is 4.09. The van der Waals surface area contributed by atoms with Gasteiger partial charge < -0.3 is 25.3 Å². The number of anilines is 1. The van der Waals surface area contributed by atoms with Crippen molar-refractivity contribution in [3.8, 4) is 5.69 Å². The van der Waals surface area contributed by atoms with E-state index in [2.05, 4.69) is 20.9 Å². The molecule has 1 aromatic heterocycles. The van der Waals surface area contributed by atoms with Crippen LogP contribution in [0.1, 0.15) is 42.9 Å². The third-order valence-corrected chi connectivity index (χ3v) is 6.70. The Morgan fingerprint density at radius 3 is 2.92 bits per heavy atom. The minimum atomic E-state index is -0.546. The number of rotatable bonds is 12. The van der Waals surface area contributed by atoms with Crippen molar-refractivity contribution in [3.63, 3.8) is 0 Å². The molecule has 3 aromatic rings. The normalized spacial score (nSPS) is 15.8. The van der Waals surface area contributed by atoms with E-state index in [0.29, 0.717) is 55.8 Å². The van der Waals surface area contributed by atoms with E-state index in [1.54, 1.807) is 19.6 Å². The topological polar surface area (TPSA) is 80.2 Å². The van der Waals surface area contributed by atoms with Crippen molar-refractivity contribution in [2.45, 2.75) is 57.7 Å². The lowest BCUT2D eigenvalue weighted by molar-refractivity contribution is -0.118. The number of hydrogen-bond acceptors (Lipinski definition) is 5. The Bertz CT molecular complexity index is 1200. The minimum absolute atomic E-state index is 0.0650. The number of para-hydroxylation sites is 1. The number of aromatic nitrogens is 2. The highest BCUT2D eigenvalue weighted by Crippen LogP contribution is 2.26. The number of nitrogens with zero attached hydrogens (tertiary/aromatic N) is 2. The first-order valence-electron chi connectivity index (χ1n) is 12.8. The Morgan fingerprint density at radius 2 is 2.11 bits per heavy atom. The number of amides is 1. The van der Waals surface area contributed by atoms with Gasteiger partial charge in [0.05, 0.1) is 24.5 Å². The van der Waals surface area contributed by atoms with Crippen molar-refractivity contribution in [3.05, 3.63) is 77.2 Å². The van der Waals surface area contributed by atoms with Gasteiger partial charge in [0, 0.05) is 32.3 Å². The third-order valence-electron chi connectivity index (χ3n) is 6.70. The lowest BCUT2D eigenvalue weighted by Gasteiger charge is -2.29. The molecule has 4 rings (SSSR count). The van der Waals surface area contributed by atoms with Crippen molar-refractivity contribution in [2.75, 3.05) is 25.6 Å². The Kier molecular flexibility index (Phi) is 9.38. The minimum Gasteiger partial charge on any atom is -0.383 e. The van der Waals surface area contributed by atoms with E-state index >= 15 is 0 Å². The number of halogens is 2. The quantitative estimate of drug-likeness (QED) is 0.319. The first-order valence-corrected chi connectivity index (χ1v) is 12.8. The summed E-state index contributed by atoms with van der Waals surface area (Å²) >= 11 is 0. The van der Waals surface area contributed by atoms with E-state index in [4.69, 9.17) is 4.74 Å². The van der Waals surface area contributed by atoms with Crippen LogP contribution in [-0.2, 0) is 28.9 Å². The highest BCUT2D eigenvalue weighted by Gasteiger charge is 2.27. The number of methoxy groups -OCH3 is 1. The number of carbonyl (C=O) groups is 1. The number of carbonyl (C=O) groups excluding carboxylic acids is 1. The van der Waals surface area contributed by atoms with E-state index < -0.39 is 17.7 Å². The fraction of sp³-hybridized carbons (Fsp3) is 0.429. The van der Waals surface area contributed by atoms with Crippen LogP contribution in [0.2, 0.25) is 0 Å². The molecule has 0 unspecified atom stereocenters. The van der Waals surface area contributed by atoms with Crippen LogP contribution in [0.5, 0.6) is 0 Å². The largest absolute Gasteiger partial charge is 0.383 e. The van der Waals surface area contributed by atoms with Crippen LogP contribution in [0.3, 0.4) is 0 Å². The fourth-order valence-corrected chi connectivity index (χ4v) is 4.83. The zero-order valence-electron chi connectivity index (χ0n) is 21.4. The zero-order valence-corrected chi connectivity index (χ0v) is 21.4. The molecule has 9 heteroatoms. The van der Waals surface area contributed by atoms with Crippen LogP contribution in [0.15, 0.2) is 48.9 Å². The van der Waals surface area contributed by atoms with E-state index in [9.17, 15) is 13.6 Å². The molecule has 37 heavy (non-hydrogen) atoms. The first-order chi connectivity index (χ1) is 18.0. The van der Waals surface area contributed by atoms with Gasteiger partial charge in [0.25, 0.3) is 0 Å². The first kappa shape index (κ1) is 26.9. The average Bonchev–Trinajstić information content (AvgIpc) is 3.35. The maximum Gasteiger partial charge on any atom is 0.242 e. The van der Waals surface area contributed by atoms with Gasteiger partial charge in [0.15, 0.2) is 5.82 Å². The van der Waals surface area contributed by atoms with E-state index in [1.807, 2.05) is 35.8 Å². The average molecular weight is 512 g/mol. The molecule has 0 radical (unpaired) electrons.